The Bertz CT molecular complexity index is 1090. The van der Waals surface area contributed by atoms with Crippen molar-refractivity contribution in [2.45, 2.75) is 64.5 Å². The first-order valence-corrected chi connectivity index (χ1v) is 10.5. The summed E-state index contributed by atoms with van der Waals surface area (Å²) >= 11 is 0. The molecule has 3 aromatic rings. The molecule has 0 spiro atoms. The SMILES string of the molecule is CC[C@@H](C)NC(=O)c1cn(C2CCCCC2)c(=O)c2c1c1ccccc1n2C. The lowest BCUT2D eigenvalue weighted by molar-refractivity contribution is 0.0940. The third-order valence-electron chi connectivity index (χ3n) is 6.28. The fourth-order valence-electron chi connectivity index (χ4n) is 4.51. The van der Waals surface area contributed by atoms with Crippen LogP contribution in [-0.2, 0) is 7.05 Å². The molecule has 5 heteroatoms. The molecule has 2 aromatic heterocycles. The number of nitrogens with zero attached hydrogens (tertiary/aromatic N) is 2. The van der Waals surface area contributed by atoms with Crippen LogP contribution in [0.25, 0.3) is 21.8 Å². The van der Waals surface area contributed by atoms with Gasteiger partial charge in [0.15, 0.2) is 0 Å². The average molecular weight is 380 g/mol. The number of hydrogen-bond acceptors (Lipinski definition) is 2. The molecule has 1 aliphatic rings. The highest BCUT2D eigenvalue weighted by Crippen LogP contribution is 2.32. The number of pyridine rings is 1. The van der Waals surface area contributed by atoms with E-state index in [4.69, 9.17) is 0 Å². The lowest BCUT2D eigenvalue weighted by Crippen LogP contribution is -2.34. The first-order valence-electron chi connectivity index (χ1n) is 10.5. The predicted molar refractivity (Wildman–Crippen MR) is 114 cm³/mol. The summed E-state index contributed by atoms with van der Waals surface area (Å²) in [6, 6.07) is 8.22. The van der Waals surface area contributed by atoms with Gasteiger partial charge in [0.1, 0.15) is 5.52 Å². The summed E-state index contributed by atoms with van der Waals surface area (Å²) in [5.41, 5.74) is 2.23. The van der Waals surface area contributed by atoms with Gasteiger partial charge in [-0.25, -0.2) is 0 Å². The number of fused-ring (bicyclic) bond motifs is 3. The fourth-order valence-corrected chi connectivity index (χ4v) is 4.51. The molecule has 1 aliphatic carbocycles. The second-order valence-corrected chi connectivity index (χ2v) is 8.13. The maximum Gasteiger partial charge on any atom is 0.275 e. The standard InChI is InChI=1S/C23H29N3O2/c1-4-15(2)24-22(27)18-14-26(16-10-6-5-7-11-16)23(28)21-20(18)17-12-8-9-13-19(17)25(21)3/h8-9,12-16H,4-7,10-11H2,1-3H3,(H,24,27)/t15-/m1/s1. The monoisotopic (exact) mass is 379 g/mol. The van der Waals surface area contributed by atoms with Crippen LogP contribution < -0.4 is 10.9 Å². The minimum atomic E-state index is -0.0970. The van der Waals surface area contributed by atoms with E-state index in [9.17, 15) is 9.59 Å². The zero-order valence-electron chi connectivity index (χ0n) is 17.0. The Morgan fingerprint density at radius 2 is 1.93 bits per heavy atom. The van der Waals surface area contributed by atoms with E-state index in [2.05, 4.69) is 12.2 Å². The third kappa shape index (κ3) is 3.03. The molecule has 28 heavy (non-hydrogen) atoms. The number of carbonyl (C=O) groups is 1. The summed E-state index contributed by atoms with van der Waals surface area (Å²) in [5.74, 6) is -0.0970. The minimum absolute atomic E-state index is 0.0145. The lowest BCUT2D eigenvalue weighted by atomic mass is 9.95. The Kier molecular flexibility index (Phi) is 5.00. The fraction of sp³-hybridized carbons (Fsp3) is 0.478. The average Bonchev–Trinajstić information content (AvgIpc) is 3.02. The smallest absolute Gasteiger partial charge is 0.275 e. The van der Waals surface area contributed by atoms with E-state index in [1.165, 1.54) is 6.42 Å². The van der Waals surface area contributed by atoms with Crippen molar-refractivity contribution in [3.05, 3.63) is 46.4 Å². The van der Waals surface area contributed by atoms with E-state index in [-0.39, 0.29) is 23.6 Å². The van der Waals surface area contributed by atoms with Gasteiger partial charge in [0.2, 0.25) is 0 Å². The number of amides is 1. The van der Waals surface area contributed by atoms with Gasteiger partial charge in [-0.1, -0.05) is 44.4 Å². The summed E-state index contributed by atoms with van der Waals surface area (Å²) in [7, 11) is 1.92. The molecule has 1 fully saturated rings. The summed E-state index contributed by atoms with van der Waals surface area (Å²) in [5, 5.41) is 4.83. The number of benzene rings is 1. The van der Waals surface area contributed by atoms with Gasteiger partial charge in [0.25, 0.3) is 11.5 Å². The summed E-state index contributed by atoms with van der Waals surface area (Å²) < 4.78 is 3.79. The molecule has 1 atom stereocenters. The van der Waals surface area contributed by atoms with Gasteiger partial charge >= 0.3 is 0 Å². The molecular formula is C23H29N3O2. The van der Waals surface area contributed by atoms with Crippen LogP contribution in [-0.4, -0.2) is 21.1 Å². The second-order valence-electron chi connectivity index (χ2n) is 8.13. The van der Waals surface area contributed by atoms with Crippen molar-refractivity contribution in [3.8, 4) is 0 Å². The number of nitrogens with one attached hydrogen (secondary N) is 1. The molecule has 0 aliphatic heterocycles. The van der Waals surface area contributed by atoms with Gasteiger partial charge < -0.3 is 14.5 Å². The maximum atomic E-state index is 13.5. The van der Waals surface area contributed by atoms with Crippen LogP contribution in [0.1, 0.15) is 68.8 Å². The normalized spacial score (nSPS) is 16.5. The Morgan fingerprint density at radius 1 is 1.21 bits per heavy atom. The van der Waals surface area contributed by atoms with Crippen LogP contribution in [0.3, 0.4) is 0 Å². The Morgan fingerprint density at radius 3 is 2.64 bits per heavy atom. The van der Waals surface area contributed by atoms with Crippen LogP contribution in [0.5, 0.6) is 0 Å². The van der Waals surface area contributed by atoms with Crippen LogP contribution in [0, 0.1) is 0 Å². The molecule has 1 N–H and O–H groups in total. The molecule has 1 aromatic carbocycles. The van der Waals surface area contributed by atoms with Gasteiger partial charge in [0, 0.05) is 41.6 Å². The summed E-state index contributed by atoms with van der Waals surface area (Å²) in [6.07, 6.45) is 8.20. The van der Waals surface area contributed by atoms with E-state index in [1.54, 1.807) is 0 Å². The highest BCUT2D eigenvalue weighted by molar-refractivity contribution is 6.17. The molecule has 4 rings (SSSR count). The second kappa shape index (κ2) is 7.46. The van der Waals surface area contributed by atoms with Gasteiger partial charge in [-0.15, -0.1) is 0 Å². The summed E-state index contributed by atoms with van der Waals surface area (Å²) in [4.78, 5) is 26.7. The van der Waals surface area contributed by atoms with Crippen LogP contribution in [0.2, 0.25) is 0 Å². The highest BCUT2D eigenvalue weighted by Gasteiger charge is 2.25. The maximum absolute atomic E-state index is 13.5. The number of hydrogen-bond donors (Lipinski definition) is 1. The molecule has 1 saturated carbocycles. The van der Waals surface area contributed by atoms with Crippen molar-refractivity contribution < 1.29 is 4.79 Å². The molecule has 0 unspecified atom stereocenters. The van der Waals surface area contributed by atoms with E-state index in [1.807, 2.05) is 53.6 Å². The quantitative estimate of drug-likeness (QED) is 0.724. The third-order valence-corrected chi connectivity index (χ3v) is 6.28. The highest BCUT2D eigenvalue weighted by atomic mass is 16.2. The zero-order chi connectivity index (χ0) is 19.8. The van der Waals surface area contributed by atoms with Crippen molar-refractivity contribution in [2.75, 3.05) is 0 Å². The van der Waals surface area contributed by atoms with E-state index in [0.29, 0.717) is 11.1 Å². The number of aromatic nitrogens is 2. The Hall–Kier alpha value is -2.56. The van der Waals surface area contributed by atoms with Crippen molar-refractivity contribution >= 4 is 27.7 Å². The van der Waals surface area contributed by atoms with Gasteiger partial charge in [0.05, 0.1) is 5.56 Å². The van der Waals surface area contributed by atoms with Crippen molar-refractivity contribution in [2.24, 2.45) is 7.05 Å². The minimum Gasteiger partial charge on any atom is -0.350 e. The zero-order valence-corrected chi connectivity index (χ0v) is 17.0. The summed E-state index contributed by atoms with van der Waals surface area (Å²) in [6.45, 7) is 4.07. The molecular weight excluding hydrogens is 350 g/mol. The number of para-hydroxylation sites is 1. The first kappa shape index (κ1) is 18.8. The largest absolute Gasteiger partial charge is 0.350 e. The molecule has 5 nitrogen and oxygen atoms in total. The topological polar surface area (TPSA) is 56.0 Å². The van der Waals surface area contributed by atoms with Crippen molar-refractivity contribution in [3.63, 3.8) is 0 Å². The molecule has 0 saturated heterocycles. The lowest BCUT2D eigenvalue weighted by Gasteiger charge is -2.25. The van der Waals surface area contributed by atoms with Crippen LogP contribution in [0.4, 0.5) is 0 Å². The molecule has 1 amide bonds. The van der Waals surface area contributed by atoms with Gasteiger partial charge in [-0.2, -0.15) is 0 Å². The number of carbonyl (C=O) groups excluding carboxylic acids is 1. The molecule has 148 valence electrons. The first-order chi connectivity index (χ1) is 13.5. The van der Waals surface area contributed by atoms with Gasteiger partial charge in [-0.05, 0) is 32.3 Å². The van der Waals surface area contributed by atoms with Crippen molar-refractivity contribution in [1.29, 1.82) is 0 Å². The number of rotatable bonds is 4. The molecule has 0 radical (unpaired) electrons. The molecule has 2 heterocycles. The number of aryl methyl sites for hydroxylation is 1. The Balaban J connectivity index is 2.01. The van der Waals surface area contributed by atoms with E-state index >= 15 is 0 Å². The predicted octanol–water partition coefficient (Wildman–Crippen LogP) is 4.53. The van der Waals surface area contributed by atoms with Crippen LogP contribution >= 0.6 is 0 Å². The van der Waals surface area contributed by atoms with E-state index < -0.39 is 0 Å². The van der Waals surface area contributed by atoms with Crippen molar-refractivity contribution in [1.82, 2.24) is 14.5 Å². The van der Waals surface area contributed by atoms with E-state index in [0.717, 1.165) is 48.4 Å². The van der Waals surface area contributed by atoms with Crippen LogP contribution in [0.15, 0.2) is 35.3 Å². The molecule has 0 bridgehead atoms. The van der Waals surface area contributed by atoms with Gasteiger partial charge in [-0.3, -0.25) is 9.59 Å². The Labute approximate surface area is 165 Å².